The summed E-state index contributed by atoms with van der Waals surface area (Å²) in [6, 6.07) is 12.8. The Morgan fingerprint density at radius 3 is 2.44 bits per heavy atom. The fourth-order valence-electron chi connectivity index (χ4n) is 3.46. The average Bonchev–Trinajstić information content (AvgIpc) is 2.84. The summed E-state index contributed by atoms with van der Waals surface area (Å²) in [5.74, 6) is 0.304. The Balaban J connectivity index is 2.02. The van der Waals surface area contributed by atoms with Gasteiger partial charge in [-0.05, 0) is 61.5 Å². The van der Waals surface area contributed by atoms with Gasteiger partial charge in [-0.15, -0.1) is 0 Å². The van der Waals surface area contributed by atoms with Crippen LogP contribution in [0.15, 0.2) is 63.1 Å². The van der Waals surface area contributed by atoms with E-state index in [1.807, 2.05) is 0 Å². The van der Waals surface area contributed by atoms with E-state index in [0.717, 1.165) is 10.1 Å². The molecule has 0 bridgehead atoms. The molecule has 0 aliphatic carbocycles. The van der Waals surface area contributed by atoms with E-state index in [9.17, 15) is 19.1 Å². The number of halogens is 2. The number of aliphatic hydroxyl groups excluding tert-OH is 1. The lowest BCUT2D eigenvalue weighted by molar-refractivity contribution is 0.277. The van der Waals surface area contributed by atoms with Crippen molar-refractivity contribution in [1.82, 2.24) is 9.13 Å². The Hall–Kier alpha value is -3.43. The largest absolute Gasteiger partial charge is 0.473 e. The third-order valence-electron chi connectivity index (χ3n) is 5.29. The molecule has 0 aliphatic rings. The number of hydrogen-bond acceptors (Lipinski definition) is 6. The lowest BCUT2D eigenvalue weighted by atomic mass is 10.1. The highest BCUT2D eigenvalue weighted by Crippen LogP contribution is 2.24. The van der Waals surface area contributed by atoms with Gasteiger partial charge in [-0.1, -0.05) is 23.7 Å². The topological polar surface area (TPSA) is 89.1 Å². The standard InChI is InChI=1S/C24H26ClFN4O4/c1-27-22-21(23(32)30(13-3-15-31)24(33)28(22)2)29(14-12-17-4-8-19(26)9-5-17)16-34-20-10-6-18(25)7-11-20/h4-11,31H,1,3,12-16H2,2H3. The molecule has 1 N–H and O–H groups in total. The molecule has 0 spiro atoms. The van der Waals surface area contributed by atoms with Gasteiger partial charge in [0.15, 0.2) is 12.5 Å². The normalized spacial score (nSPS) is 10.8. The summed E-state index contributed by atoms with van der Waals surface area (Å²) in [5, 5.41) is 9.76. The van der Waals surface area contributed by atoms with Crippen LogP contribution in [0.1, 0.15) is 12.0 Å². The van der Waals surface area contributed by atoms with Gasteiger partial charge in [0.25, 0.3) is 5.56 Å². The first-order valence-electron chi connectivity index (χ1n) is 10.6. The summed E-state index contributed by atoms with van der Waals surface area (Å²) in [6.07, 6.45) is 0.714. The third-order valence-corrected chi connectivity index (χ3v) is 5.54. The molecule has 0 radical (unpaired) electrons. The number of nitrogens with zero attached hydrogens (tertiary/aromatic N) is 4. The molecule has 180 valence electrons. The van der Waals surface area contributed by atoms with E-state index >= 15 is 0 Å². The van der Waals surface area contributed by atoms with Gasteiger partial charge < -0.3 is 14.7 Å². The summed E-state index contributed by atoms with van der Waals surface area (Å²) in [4.78, 5) is 31.7. The highest BCUT2D eigenvalue weighted by molar-refractivity contribution is 6.30. The maximum atomic E-state index is 13.4. The molecule has 0 atom stereocenters. The second-order valence-electron chi connectivity index (χ2n) is 7.57. The fraction of sp³-hybridized carbons (Fsp3) is 0.292. The van der Waals surface area contributed by atoms with Crippen LogP contribution in [0.3, 0.4) is 0 Å². The average molecular weight is 489 g/mol. The van der Waals surface area contributed by atoms with Crippen molar-refractivity contribution in [2.24, 2.45) is 12.0 Å². The van der Waals surface area contributed by atoms with Crippen LogP contribution in [0.4, 0.5) is 15.9 Å². The van der Waals surface area contributed by atoms with Gasteiger partial charge in [-0.2, -0.15) is 0 Å². The zero-order valence-electron chi connectivity index (χ0n) is 18.8. The zero-order valence-corrected chi connectivity index (χ0v) is 19.5. The highest BCUT2D eigenvalue weighted by atomic mass is 35.5. The van der Waals surface area contributed by atoms with Crippen molar-refractivity contribution in [1.29, 1.82) is 0 Å². The lowest BCUT2D eigenvalue weighted by Crippen LogP contribution is -2.44. The number of rotatable bonds is 11. The van der Waals surface area contributed by atoms with Gasteiger partial charge >= 0.3 is 5.69 Å². The van der Waals surface area contributed by atoms with Crippen LogP contribution in [-0.4, -0.2) is 40.8 Å². The van der Waals surface area contributed by atoms with Crippen LogP contribution in [0, 0.1) is 5.82 Å². The predicted octanol–water partition coefficient (Wildman–Crippen LogP) is 3.14. The maximum Gasteiger partial charge on any atom is 0.332 e. The molecule has 0 saturated heterocycles. The lowest BCUT2D eigenvalue weighted by Gasteiger charge is -2.27. The molecule has 8 nitrogen and oxygen atoms in total. The monoisotopic (exact) mass is 488 g/mol. The molecule has 0 amide bonds. The Bertz CT molecular complexity index is 1190. The second-order valence-corrected chi connectivity index (χ2v) is 8.01. The van der Waals surface area contributed by atoms with Crippen molar-refractivity contribution in [2.45, 2.75) is 19.4 Å². The third kappa shape index (κ3) is 5.92. The zero-order chi connectivity index (χ0) is 24.7. The van der Waals surface area contributed by atoms with Gasteiger partial charge in [0, 0.05) is 31.8 Å². The fourth-order valence-corrected chi connectivity index (χ4v) is 3.59. The van der Waals surface area contributed by atoms with Crippen LogP contribution < -0.4 is 20.9 Å². The second kappa shape index (κ2) is 11.6. The van der Waals surface area contributed by atoms with E-state index in [4.69, 9.17) is 16.3 Å². The minimum atomic E-state index is -0.558. The molecule has 34 heavy (non-hydrogen) atoms. The van der Waals surface area contributed by atoms with Gasteiger partial charge in [0.1, 0.15) is 17.3 Å². The molecule has 3 rings (SSSR count). The van der Waals surface area contributed by atoms with Gasteiger partial charge in [0.05, 0.1) is 0 Å². The first-order chi connectivity index (χ1) is 16.3. The van der Waals surface area contributed by atoms with E-state index in [1.165, 1.54) is 23.7 Å². The van der Waals surface area contributed by atoms with Crippen LogP contribution in [-0.2, 0) is 20.0 Å². The number of hydrogen-bond donors (Lipinski definition) is 1. The Morgan fingerprint density at radius 1 is 1.15 bits per heavy atom. The summed E-state index contributed by atoms with van der Waals surface area (Å²) < 4.78 is 21.5. The number of ether oxygens (including phenoxy) is 1. The summed E-state index contributed by atoms with van der Waals surface area (Å²) in [6.45, 7) is 3.71. The molecule has 0 aliphatic heterocycles. The van der Waals surface area contributed by atoms with Gasteiger partial charge in [-0.3, -0.25) is 13.9 Å². The molecular formula is C24H26ClFN4O4. The molecule has 3 aromatic rings. The van der Waals surface area contributed by atoms with Crippen molar-refractivity contribution >= 4 is 29.8 Å². The van der Waals surface area contributed by atoms with Crippen molar-refractivity contribution in [3.63, 3.8) is 0 Å². The Labute approximate surface area is 201 Å². The molecule has 0 saturated carbocycles. The molecular weight excluding hydrogens is 463 g/mol. The Kier molecular flexibility index (Phi) is 8.61. The van der Waals surface area contributed by atoms with E-state index in [-0.39, 0.29) is 43.6 Å². The van der Waals surface area contributed by atoms with Crippen LogP contribution in [0.25, 0.3) is 0 Å². The maximum absolute atomic E-state index is 13.4. The van der Waals surface area contributed by atoms with E-state index in [0.29, 0.717) is 23.7 Å². The van der Waals surface area contributed by atoms with Crippen molar-refractivity contribution < 1.29 is 14.2 Å². The Morgan fingerprint density at radius 2 is 1.82 bits per heavy atom. The van der Waals surface area contributed by atoms with E-state index < -0.39 is 11.2 Å². The van der Waals surface area contributed by atoms with Crippen molar-refractivity contribution in [2.75, 3.05) is 24.8 Å². The summed E-state index contributed by atoms with van der Waals surface area (Å²) >= 11 is 5.94. The van der Waals surface area contributed by atoms with Crippen molar-refractivity contribution in [3.8, 4) is 5.75 Å². The van der Waals surface area contributed by atoms with E-state index in [2.05, 4.69) is 11.7 Å². The first-order valence-corrected chi connectivity index (χ1v) is 11.0. The van der Waals surface area contributed by atoms with E-state index in [1.54, 1.807) is 41.3 Å². The predicted molar refractivity (Wildman–Crippen MR) is 131 cm³/mol. The summed E-state index contributed by atoms with van der Waals surface area (Å²) in [5.41, 5.74) is -0.109. The summed E-state index contributed by atoms with van der Waals surface area (Å²) in [7, 11) is 1.50. The number of aliphatic imine (C=N–C) groups is 1. The highest BCUT2D eigenvalue weighted by Gasteiger charge is 2.22. The van der Waals surface area contributed by atoms with Crippen LogP contribution >= 0.6 is 11.6 Å². The molecule has 10 heteroatoms. The number of anilines is 1. The molecule has 2 aromatic carbocycles. The molecule has 1 aromatic heterocycles. The van der Waals surface area contributed by atoms with Gasteiger partial charge in [-0.25, -0.2) is 14.2 Å². The van der Waals surface area contributed by atoms with Gasteiger partial charge in [0.2, 0.25) is 0 Å². The number of aromatic nitrogens is 2. The van der Waals surface area contributed by atoms with Crippen LogP contribution in [0.5, 0.6) is 5.75 Å². The molecule has 1 heterocycles. The van der Waals surface area contributed by atoms with Crippen molar-refractivity contribution in [3.05, 3.63) is 85.8 Å². The number of aliphatic hydroxyl groups is 1. The molecule has 0 fully saturated rings. The quantitative estimate of drug-likeness (QED) is 0.331. The SMILES string of the molecule is C=Nc1c(N(CCc2ccc(F)cc2)COc2ccc(Cl)cc2)c(=O)n(CCCO)c(=O)n1C. The minimum absolute atomic E-state index is 0.0290. The smallest absolute Gasteiger partial charge is 0.332 e. The molecule has 0 unspecified atom stereocenters. The first kappa shape index (κ1) is 25.2. The number of benzene rings is 2. The van der Waals surface area contributed by atoms with Crippen LogP contribution in [0.2, 0.25) is 5.02 Å². The minimum Gasteiger partial charge on any atom is -0.473 e.